The highest BCUT2D eigenvalue weighted by Crippen LogP contribution is 2.17. The van der Waals surface area contributed by atoms with E-state index in [0.717, 1.165) is 22.9 Å². The number of anilines is 2. The number of rotatable bonds is 6. The maximum absolute atomic E-state index is 11.0. The quantitative estimate of drug-likeness (QED) is 0.802. The lowest BCUT2D eigenvalue weighted by Gasteiger charge is -2.11. The summed E-state index contributed by atoms with van der Waals surface area (Å²) >= 11 is 0. The van der Waals surface area contributed by atoms with E-state index in [1.807, 2.05) is 32.0 Å². The first kappa shape index (κ1) is 15.8. The monoisotopic (exact) mass is 300 g/mol. The second kappa shape index (κ2) is 7.40. The van der Waals surface area contributed by atoms with Gasteiger partial charge < -0.3 is 15.4 Å². The third-order valence-corrected chi connectivity index (χ3v) is 2.89. The molecule has 1 heterocycles. The predicted octanol–water partition coefficient (Wildman–Crippen LogP) is 2.54. The van der Waals surface area contributed by atoms with E-state index in [2.05, 4.69) is 20.6 Å². The molecule has 1 amide bonds. The molecule has 1 aromatic carbocycles. The fraction of sp³-hybridized carbons (Fsp3) is 0.312. The van der Waals surface area contributed by atoms with Gasteiger partial charge in [-0.2, -0.15) is 0 Å². The van der Waals surface area contributed by atoms with Crippen LogP contribution in [0.25, 0.3) is 0 Å². The van der Waals surface area contributed by atoms with Crippen molar-refractivity contribution in [1.82, 2.24) is 9.97 Å². The SMILES string of the molecule is CC(=O)Nc1cccc(OCCNc2nc(C)cnc2C)c1. The summed E-state index contributed by atoms with van der Waals surface area (Å²) in [5, 5.41) is 5.92. The van der Waals surface area contributed by atoms with Gasteiger partial charge in [-0.15, -0.1) is 0 Å². The molecule has 0 saturated carbocycles. The van der Waals surface area contributed by atoms with Crippen LogP contribution in [0.4, 0.5) is 11.5 Å². The molecular formula is C16H20N4O2. The molecule has 0 radical (unpaired) electrons. The van der Waals surface area contributed by atoms with Crippen molar-refractivity contribution in [3.8, 4) is 5.75 Å². The minimum Gasteiger partial charge on any atom is -0.492 e. The number of carbonyl (C=O) groups excluding carboxylic acids is 1. The lowest BCUT2D eigenvalue weighted by molar-refractivity contribution is -0.114. The summed E-state index contributed by atoms with van der Waals surface area (Å²) in [4.78, 5) is 19.7. The summed E-state index contributed by atoms with van der Waals surface area (Å²) in [6.07, 6.45) is 1.74. The number of amides is 1. The van der Waals surface area contributed by atoms with Crippen molar-refractivity contribution in [2.45, 2.75) is 20.8 Å². The van der Waals surface area contributed by atoms with Gasteiger partial charge in [-0.25, -0.2) is 4.98 Å². The zero-order chi connectivity index (χ0) is 15.9. The number of aromatic nitrogens is 2. The fourth-order valence-corrected chi connectivity index (χ4v) is 1.91. The number of hydrogen-bond donors (Lipinski definition) is 2. The van der Waals surface area contributed by atoms with Crippen LogP contribution >= 0.6 is 0 Å². The molecule has 0 bridgehead atoms. The van der Waals surface area contributed by atoms with Gasteiger partial charge in [-0.1, -0.05) is 6.07 Å². The molecular weight excluding hydrogens is 280 g/mol. The molecule has 0 aliphatic rings. The lowest BCUT2D eigenvalue weighted by Crippen LogP contribution is -2.14. The normalized spacial score (nSPS) is 10.1. The Hall–Kier alpha value is -2.63. The Morgan fingerprint density at radius 1 is 1.32 bits per heavy atom. The molecule has 6 nitrogen and oxygen atoms in total. The van der Waals surface area contributed by atoms with Gasteiger partial charge in [-0.3, -0.25) is 9.78 Å². The van der Waals surface area contributed by atoms with Crippen molar-refractivity contribution in [3.63, 3.8) is 0 Å². The minimum atomic E-state index is -0.104. The molecule has 0 atom stereocenters. The first-order valence-corrected chi connectivity index (χ1v) is 7.09. The van der Waals surface area contributed by atoms with Gasteiger partial charge in [-0.05, 0) is 26.0 Å². The average molecular weight is 300 g/mol. The first-order chi connectivity index (χ1) is 10.5. The van der Waals surface area contributed by atoms with Gasteiger partial charge in [0.05, 0.1) is 17.9 Å². The molecule has 0 aliphatic heterocycles. The van der Waals surface area contributed by atoms with E-state index >= 15 is 0 Å². The summed E-state index contributed by atoms with van der Waals surface area (Å²) < 4.78 is 5.66. The zero-order valence-corrected chi connectivity index (χ0v) is 13.0. The second-order valence-corrected chi connectivity index (χ2v) is 4.93. The standard InChI is InChI=1S/C16H20N4O2/c1-11-10-18-12(2)16(19-11)17-7-8-22-15-6-4-5-14(9-15)20-13(3)21/h4-6,9-10H,7-8H2,1-3H3,(H,17,19)(H,20,21). The van der Waals surface area contributed by atoms with E-state index in [4.69, 9.17) is 4.74 Å². The number of carbonyl (C=O) groups is 1. The fourth-order valence-electron chi connectivity index (χ4n) is 1.91. The molecule has 116 valence electrons. The molecule has 0 fully saturated rings. The Balaban J connectivity index is 1.83. The molecule has 2 N–H and O–H groups in total. The molecule has 2 aromatic rings. The van der Waals surface area contributed by atoms with E-state index in [1.54, 1.807) is 12.3 Å². The summed E-state index contributed by atoms with van der Waals surface area (Å²) in [6, 6.07) is 7.30. The van der Waals surface area contributed by atoms with Crippen LogP contribution in [0.5, 0.6) is 5.75 Å². The number of benzene rings is 1. The van der Waals surface area contributed by atoms with Crippen molar-refractivity contribution in [2.24, 2.45) is 0 Å². The van der Waals surface area contributed by atoms with Crippen LogP contribution in [-0.4, -0.2) is 29.0 Å². The Morgan fingerprint density at radius 3 is 2.91 bits per heavy atom. The van der Waals surface area contributed by atoms with Gasteiger partial charge in [0, 0.05) is 24.9 Å². The summed E-state index contributed by atoms with van der Waals surface area (Å²) in [6.45, 7) is 6.39. The van der Waals surface area contributed by atoms with Gasteiger partial charge in [0.15, 0.2) is 0 Å². The predicted molar refractivity (Wildman–Crippen MR) is 86.2 cm³/mol. The van der Waals surface area contributed by atoms with E-state index in [1.165, 1.54) is 6.92 Å². The Kier molecular flexibility index (Phi) is 5.30. The lowest BCUT2D eigenvalue weighted by atomic mass is 10.3. The zero-order valence-electron chi connectivity index (χ0n) is 13.0. The van der Waals surface area contributed by atoms with E-state index in [-0.39, 0.29) is 5.91 Å². The van der Waals surface area contributed by atoms with Crippen LogP contribution < -0.4 is 15.4 Å². The van der Waals surface area contributed by atoms with Crippen molar-refractivity contribution < 1.29 is 9.53 Å². The molecule has 1 aromatic heterocycles. The topological polar surface area (TPSA) is 76.1 Å². The molecule has 0 unspecified atom stereocenters. The van der Waals surface area contributed by atoms with Gasteiger partial charge in [0.1, 0.15) is 18.2 Å². The smallest absolute Gasteiger partial charge is 0.221 e. The van der Waals surface area contributed by atoms with Crippen LogP contribution in [-0.2, 0) is 4.79 Å². The van der Waals surface area contributed by atoms with Crippen LogP contribution in [0.2, 0.25) is 0 Å². The van der Waals surface area contributed by atoms with Crippen molar-refractivity contribution in [3.05, 3.63) is 41.9 Å². The van der Waals surface area contributed by atoms with Crippen molar-refractivity contribution >= 4 is 17.4 Å². The molecule has 0 aliphatic carbocycles. The van der Waals surface area contributed by atoms with Crippen molar-refractivity contribution in [2.75, 3.05) is 23.8 Å². The first-order valence-electron chi connectivity index (χ1n) is 7.09. The largest absolute Gasteiger partial charge is 0.492 e. The molecule has 0 spiro atoms. The number of nitrogens with one attached hydrogen (secondary N) is 2. The third-order valence-electron chi connectivity index (χ3n) is 2.89. The highest BCUT2D eigenvalue weighted by molar-refractivity contribution is 5.88. The summed E-state index contributed by atoms with van der Waals surface area (Å²) in [5.41, 5.74) is 2.45. The number of ether oxygens (including phenoxy) is 1. The highest BCUT2D eigenvalue weighted by Gasteiger charge is 2.02. The maximum Gasteiger partial charge on any atom is 0.221 e. The molecule has 0 saturated heterocycles. The average Bonchev–Trinajstić information content (AvgIpc) is 2.47. The highest BCUT2D eigenvalue weighted by atomic mass is 16.5. The van der Waals surface area contributed by atoms with E-state index < -0.39 is 0 Å². The van der Waals surface area contributed by atoms with Crippen LogP contribution in [0.15, 0.2) is 30.5 Å². The Bertz CT molecular complexity index is 658. The third kappa shape index (κ3) is 4.73. The van der Waals surface area contributed by atoms with E-state index in [0.29, 0.717) is 18.9 Å². The van der Waals surface area contributed by atoms with Gasteiger partial charge in [0.25, 0.3) is 0 Å². The number of hydrogen-bond acceptors (Lipinski definition) is 5. The molecule has 6 heteroatoms. The Morgan fingerprint density at radius 2 is 2.14 bits per heavy atom. The Labute approximate surface area is 129 Å². The minimum absolute atomic E-state index is 0.104. The van der Waals surface area contributed by atoms with Crippen LogP contribution in [0, 0.1) is 13.8 Å². The van der Waals surface area contributed by atoms with E-state index in [9.17, 15) is 4.79 Å². The molecule has 2 rings (SSSR count). The molecule has 22 heavy (non-hydrogen) atoms. The number of nitrogens with zero attached hydrogens (tertiary/aromatic N) is 2. The maximum atomic E-state index is 11.0. The van der Waals surface area contributed by atoms with Crippen LogP contribution in [0.3, 0.4) is 0 Å². The van der Waals surface area contributed by atoms with Crippen LogP contribution in [0.1, 0.15) is 18.3 Å². The van der Waals surface area contributed by atoms with Gasteiger partial charge >= 0.3 is 0 Å². The number of aryl methyl sites for hydroxylation is 2. The second-order valence-electron chi connectivity index (χ2n) is 4.93. The van der Waals surface area contributed by atoms with Crippen molar-refractivity contribution in [1.29, 1.82) is 0 Å². The summed E-state index contributed by atoms with van der Waals surface area (Å²) in [7, 11) is 0. The summed E-state index contributed by atoms with van der Waals surface area (Å²) in [5.74, 6) is 1.38. The van der Waals surface area contributed by atoms with Gasteiger partial charge in [0.2, 0.25) is 5.91 Å².